The first-order chi connectivity index (χ1) is 12.9. The van der Waals surface area contributed by atoms with Crippen LogP contribution in [0.5, 0.6) is 0 Å². The molecule has 0 aliphatic carbocycles. The van der Waals surface area contributed by atoms with Crippen LogP contribution in [0.2, 0.25) is 0 Å². The molecule has 0 bridgehead atoms. The minimum absolute atomic E-state index is 0.0487. The Labute approximate surface area is 171 Å². The lowest BCUT2D eigenvalue weighted by Gasteiger charge is -2.25. The number of hydrogen-bond acceptors (Lipinski definition) is 7. The maximum Gasteiger partial charge on any atom is 0.257 e. The lowest BCUT2D eigenvalue weighted by molar-refractivity contribution is 0.444. The van der Waals surface area contributed by atoms with Crippen LogP contribution >= 0.6 is 22.9 Å². The SMILES string of the molecule is Cn1sc(=O)c2cc(S(=O)(=O)NCC(C)(C)NS(=O)(=O)c3cccs3)ccc21. The number of nitrogens with zero attached hydrogens (tertiary/aromatic N) is 1. The van der Waals surface area contributed by atoms with Crippen molar-refractivity contribution >= 4 is 53.8 Å². The highest BCUT2D eigenvalue weighted by Crippen LogP contribution is 2.20. The molecule has 8 nitrogen and oxygen atoms in total. The average Bonchev–Trinajstić information content (AvgIpc) is 3.22. The molecule has 0 fully saturated rings. The van der Waals surface area contributed by atoms with Crippen molar-refractivity contribution in [2.45, 2.75) is 28.5 Å². The summed E-state index contributed by atoms with van der Waals surface area (Å²) < 4.78 is 56.6. The van der Waals surface area contributed by atoms with E-state index in [2.05, 4.69) is 9.44 Å². The van der Waals surface area contributed by atoms with Gasteiger partial charge in [-0.3, -0.25) is 8.75 Å². The Balaban J connectivity index is 1.79. The number of aromatic nitrogens is 1. The Morgan fingerprint density at radius 3 is 2.46 bits per heavy atom. The zero-order valence-electron chi connectivity index (χ0n) is 15.3. The number of hydrogen-bond donors (Lipinski definition) is 2. The minimum Gasteiger partial charge on any atom is -0.297 e. The molecule has 3 aromatic rings. The largest absolute Gasteiger partial charge is 0.297 e. The van der Waals surface area contributed by atoms with Crippen LogP contribution in [0.25, 0.3) is 10.9 Å². The van der Waals surface area contributed by atoms with Gasteiger partial charge in [-0.1, -0.05) is 6.07 Å². The standard InChI is InChI=1S/C16H19N3O5S4/c1-16(2,18-28(23,24)14-5-4-8-25-14)10-17-27(21,22)11-6-7-13-12(9-11)15(20)26-19(13)3/h4-9,17-18H,10H2,1-3H3. The van der Waals surface area contributed by atoms with E-state index in [0.717, 1.165) is 22.9 Å². The Morgan fingerprint density at radius 2 is 1.82 bits per heavy atom. The summed E-state index contributed by atoms with van der Waals surface area (Å²) in [5.41, 5.74) is -0.420. The summed E-state index contributed by atoms with van der Waals surface area (Å²) in [6, 6.07) is 7.43. The molecule has 0 spiro atoms. The van der Waals surface area contributed by atoms with Gasteiger partial charge in [-0.25, -0.2) is 26.3 Å². The molecule has 3 rings (SSSR count). The van der Waals surface area contributed by atoms with E-state index < -0.39 is 25.6 Å². The summed E-state index contributed by atoms with van der Waals surface area (Å²) in [6.45, 7) is 3.00. The van der Waals surface area contributed by atoms with Crippen LogP contribution in [0.4, 0.5) is 0 Å². The quantitative estimate of drug-likeness (QED) is 0.556. The third kappa shape index (κ3) is 4.36. The second-order valence-electron chi connectivity index (χ2n) is 6.80. The Bertz CT molecular complexity index is 1270. The molecule has 0 aliphatic rings. The lowest BCUT2D eigenvalue weighted by atomic mass is 10.1. The van der Waals surface area contributed by atoms with E-state index in [1.54, 1.807) is 42.4 Å². The van der Waals surface area contributed by atoms with E-state index in [1.807, 2.05) is 0 Å². The highest BCUT2D eigenvalue weighted by atomic mass is 32.2. The van der Waals surface area contributed by atoms with Gasteiger partial charge in [-0.2, -0.15) is 0 Å². The topological polar surface area (TPSA) is 114 Å². The molecular formula is C16H19N3O5S4. The third-order valence-corrected chi connectivity index (χ3v) is 9.28. The predicted octanol–water partition coefficient (Wildman–Crippen LogP) is 1.70. The fraction of sp³-hybridized carbons (Fsp3) is 0.312. The zero-order valence-corrected chi connectivity index (χ0v) is 18.6. The van der Waals surface area contributed by atoms with Gasteiger partial charge < -0.3 is 0 Å². The summed E-state index contributed by atoms with van der Waals surface area (Å²) >= 11 is 2.07. The Morgan fingerprint density at radius 1 is 1.11 bits per heavy atom. The normalized spacial score (nSPS) is 13.2. The van der Waals surface area contributed by atoms with Crippen LogP contribution in [0.3, 0.4) is 0 Å². The zero-order chi connectivity index (χ0) is 20.7. The molecule has 28 heavy (non-hydrogen) atoms. The summed E-state index contributed by atoms with van der Waals surface area (Å²) in [6.07, 6.45) is 0. The first-order valence-electron chi connectivity index (χ1n) is 8.09. The van der Waals surface area contributed by atoms with Crippen LogP contribution in [0, 0.1) is 0 Å². The molecule has 152 valence electrons. The van der Waals surface area contributed by atoms with Crippen molar-refractivity contribution in [3.63, 3.8) is 0 Å². The van der Waals surface area contributed by atoms with Crippen molar-refractivity contribution < 1.29 is 16.8 Å². The fourth-order valence-corrected chi connectivity index (χ4v) is 6.98. The molecule has 0 saturated carbocycles. The number of sulfonamides is 2. The van der Waals surface area contributed by atoms with E-state index in [1.165, 1.54) is 18.2 Å². The van der Waals surface area contributed by atoms with Gasteiger partial charge in [-0.05, 0) is 55.0 Å². The molecule has 12 heteroatoms. The Hall–Kier alpha value is -1.57. The van der Waals surface area contributed by atoms with Gasteiger partial charge in [0.1, 0.15) is 4.21 Å². The number of nitrogens with one attached hydrogen (secondary N) is 2. The van der Waals surface area contributed by atoms with Crippen molar-refractivity contribution in [2.24, 2.45) is 7.05 Å². The van der Waals surface area contributed by atoms with Crippen LogP contribution in [0.1, 0.15) is 13.8 Å². The van der Waals surface area contributed by atoms with Crippen LogP contribution in [-0.2, 0) is 27.1 Å². The van der Waals surface area contributed by atoms with Gasteiger partial charge in [0.15, 0.2) is 0 Å². The number of aryl methyl sites for hydroxylation is 1. The lowest BCUT2D eigenvalue weighted by Crippen LogP contribution is -2.51. The summed E-state index contributed by atoms with van der Waals surface area (Å²) in [7, 11) is -5.95. The first kappa shape index (κ1) is 21.1. The van der Waals surface area contributed by atoms with Gasteiger partial charge in [0.2, 0.25) is 10.0 Å². The van der Waals surface area contributed by atoms with Crippen molar-refractivity contribution in [3.8, 4) is 0 Å². The molecular weight excluding hydrogens is 442 g/mol. The van der Waals surface area contributed by atoms with Gasteiger partial charge in [0.25, 0.3) is 14.8 Å². The number of benzene rings is 1. The van der Waals surface area contributed by atoms with Crippen molar-refractivity contribution in [3.05, 3.63) is 45.2 Å². The molecule has 0 atom stereocenters. The van der Waals surface area contributed by atoms with E-state index >= 15 is 0 Å². The number of rotatable bonds is 7. The maximum absolute atomic E-state index is 12.6. The highest BCUT2D eigenvalue weighted by molar-refractivity contribution is 7.91. The molecule has 2 N–H and O–H groups in total. The van der Waals surface area contributed by atoms with Gasteiger partial charge in [-0.15, -0.1) is 11.3 Å². The van der Waals surface area contributed by atoms with E-state index in [9.17, 15) is 21.6 Å². The summed E-state index contributed by atoms with van der Waals surface area (Å²) in [5.74, 6) is 0. The van der Waals surface area contributed by atoms with Crippen molar-refractivity contribution in [1.29, 1.82) is 0 Å². The summed E-state index contributed by atoms with van der Waals surface area (Å²) in [4.78, 5) is 11.9. The molecule has 1 aromatic carbocycles. The van der Waals surface area contributed by atoms with Crippen molar-refractivity contribution in [2.75, 3.05) is 6.54 Å². The van der Waals surface area contributed by atoms with Crippen LogP contribution < -0.4 is 14.2 Å². The van der Waals surface area contributed by atoms with Gasteiger partial charge >= 0.3 is 0 Å². The highest BCUT2D eigenvalue weighted by Gasteiger charge is 2.29. The second kappa shape index (κ2) is 7.35. The van der Waals surface area contributed by atoms with Crippen molar-refractivity contribution in [1.82, 2.24) is 13.4 Å². The fourth-order valence-electron chi connectivity index (χ4n) is 2.57. The molecule has 0 unspecified atom stereocenters. The predicted molar refractivity (Wildman–Crippen MR) is 111 cm³/mol. The van der Waals surface area contributed by atoms with E-state index in [4.69, 9.17) is 0 Å². The second-order valence-corrected chi connectivity index (χ2v) is 12.5. The summed E-state index contributed by atoms with van der Waals surface area (Å²) in [5, 5.41) is 1.97. The smallest absolute Gasteiger partial charge is 0.257 e. The van der Waals surface area contributed by atoms with Crippen LogP contribution in [0.15, 0.2) is 49.6 Å². The molecule has 2 aromatic heterocycles. The molecule has 0 amide bonds. The molecule has 0 aliphatic heterocycles. The van der Waals surface area contributed by atoms with E-state index in [-0.39, 0.29) is 20.4 Å². The molecule has 0 saturated heterocycles. The first-order valence-corrected chi connectivity index (χ1v) is 12.7. The minimum atomic E-state index is -3.93. The molecule has 0 radical (unpaired) electrons. The van der Waals surface area contributed by atoms with Gasteiger partial charge in [0, 0.05) is 19.1 Å². The number of thiophene rings is 1. The van der Waals surface area contributed by atoms with E-state index in [0.29, 0.717) is 10.9 Å². The van der Waals surface area contributed by atoms with Gasteiger partial charge in [0.05, 0.1) is 15.8 Å². The van der Waals surface area contributed by atoms with Crippen LogP contribution in [-0.4, -0.2) is 32.9 Å². The Kier molecular flexibility index (Phi) is 5.55. The maximum atomic E-state index is 12.6. The monoisotopic (exact) mass is 461 g/mol. The molecule has 2 heterocycles. The number of fused-ring (bicyclic) bond motifs is 1. The average molecular weight is 462 g/mol. The third-order valence-electron chi connectivity index (χ3n) is 3.93.